The number of unbranched alkanes of at least 4 members (excludes halogenated alkanes) is 2. The molecular formula is C30H39NO3. The summed E-state index contributed by atoms with van der Waals surface area (Å²) >= 11 is 0. The van der Waals surface area contributed by atoms with Crippen LogP contribution in [0.4, 0.5) is 0 Å². The van der Waals surface area contributed by atoms with E-state index in [-0.39, 0.29) is 11.7 Å². The molecule has 0 bridgehead atoms. The maximum Gasteiger partial charge on any atom is 0.249 e. The third-order valence-corrected chi connectivity index (χ3v) is 6.69. The van der Waals surface area contributed by atoms with Crippen molar-refractivity contribution in [3.63, 3.8) is 0 Å². The molecule has 3 rings (SSSR count). The molecule has 2 aromatic carbocycles. The summed E-state index contributed by atoms with van der Waals surface area (Å²) in [5.41, 5.74) is 11.5. The molecule has 0 radical (unpaired) electrons. The Labute approximate surface area is 204 Å². The number of aromatic hydroxyl groups is 1. The number of phenols is 1. The van der Waals surface area contributed by atoms with Crippen molar-refractivity contribution in [2.75, 3.05) is 0 Å². The van der Waals surface area contributed by atoms with Gasteiger partial charge >= 0.3 is 0 Å². The normalized spacial score (nSPS) is 16.9. The van der Waals surface area contributed by atoms with E-state index in [1.807, 2.05) is 24.3 Å². The van der Waals surface area contributed by atoms with Crippen LogP contribution < -0.4 is 10.5 Å². The number of benzene rings is 2. The fourth-order valence-electron chi connectivity index (χ4n) is 4.62. The number of primary amides is 1. The lowest BCUT2D eigenvalue weighted by Gasteiger charge is -2.38. The summed E-state index contributed by atoms with van der Waals surface area (Å²) in [5, 5.41) is 9.59. The zero-order valence-electron chi connectivity index (χ0n) is 21.1. The number of nitrogens with two attached hydrogens (primary N) is 1. The van der Waals surface area contributed by atoms with Crippen molar-refractivity contribution in [1.29, 1.82) is 0 Å². The van der Waals surface area contributed by atoms with Crippen molar-refractivity contribution >= 4 is 12.0 Å². The number of aryl methyl sites for hydroxylation is 2. The van der Waals surface area contributed by atoms with Crippen LogP contribution in [0.15, 0.2) is 53.6 Å². The van der Waals surface area contributed by atoms with E-state index in [0.717, 1.165) is 68.2 Å². The Morgan fingerprint density at radius 1 is 1.09 bits per heavy atom. The smallest absolute Gasteiger partial charge is 0.249 e. The number of amides is 1. The van der Waals surface area contributed by atoms with Gasteiger partial charge in [-0.3, -0.25) is 4.79 Å². The molecule has 4 nitrogen and oxygen atoms in total. The Morgan fingerprint density at radius 2 is 1.82 bits per heavy atom. The average Bonchev–Trinajstić information content (AvgIpc) is 2.78. The van der Waals surface area contributed by atoms with Crippen molar-refractivity contribution in [2.24, 2.45) is 5.73 Å². The Kier molecular flexibility index (Phi) is 8.60. The third-order valence-electron chi connectivity index (χ3n) is 6.69. The molecule has 1 amide bonds. The van der Waals surface area contributed by atoms with Gasteiger partial charge in [0, 0.05) is 11.1 Å². The van der Waals surface area contributed by atoms with Crippen molar-refractivity contribution < 1.29 is 14.6 Å². The van der Waals surface area contributed by atoms with Crippen molar-refractivity contribution in [2.45, 2.75) is 84.7 Å². The van der Waals surface area contributed by atoms with Gasteiger partial charge in [0.1, 0.15) is 17.1 Å². The van der Waals surface area contributed by atoms with Gasteiger partial charge in [-0.2, -0.15) is 0 Å². The molecule has 34 heavy (non-hydrogen) atoms. The summed E-state index contributed by atoms with van der Waals surface area (Å²) in [6, 6.07) is 11.3. The first-order valence-corrected chi connectivity index (χ1v) is 12.5. The van der Waals surface area contributed by atoms with E-state index in [1.165, 1.54) is 16.7 Å². The lowest BCUT2D eigenvalue weighted by Crippen LogP contribution is -2.37. The molecule has 1 aliphatic heterocycles. The minimum absolute atomic E-state index is 0.276. The van der Waals surface area contributed by atoms with Gasteiger partial charge in [-0.15, -0.1) is 0 Å². The minimum atomic E-state index is -0.426. The number of fused-ring (bicyclic) bond motifs is 1. The van der Waals surface area contributed by atoms with Crippen molar-refractivity contribution in [3.05, 3.63) is 75.9 Å². The molecule has 0 aliphatic carbocycles. The molecule has 1 unspecified atom stereocenters. The van der Waals surface area contributed by atoms with Gasteiger partial charge in [0.15, 0.2) is 0 Å². The van der Waals surface area contributed by atoms with Gasteiger partial charge < -0.3 is 15.6 Å². The van der Waals surface area contributed by atoms with E-state index in [9.17, 15) is 9.90 Å². The Bertz CT molecular complexity index is 1060. The van der Waals surface area contributed by atoms with Crippen LogP contribution >= 0.6 is 0 Å². The maximum absolute atomic E-state index is 12.2. The van der Waals surface area contributed by atoms with E-state index in [1.54, 1.807) is 12.1 Å². The SMILES string of the molecule is CCCCCc1cc2c(cc1C(N)=O)C=C(CCc1ccc(O)cc1)C(C)(CCC=C(C)C)O2. The highest BCUT2D eigenvalue weighted by Crippen LogP contribution is 2.41. The second-order valence-corrected chi connectivity index (χ2v) is 9.86. The monoisotopic (exact) mass is 461 g/mol. The number of carbonyl (C=O) groups excluding carboxylic acids is 1. The van der Waals surface area contributed by atoms with Gasteiger partial charge in [-0.25, -0.2) is 0 Å². The molecule has 1 atom stereocenters. The highest BCUT2D eigenvalue weighted by molar-refractivity contribution is 5.95. The zero-order chi connectivity index (χ0) is 24.7. The van der Waals surface area contributed by atoms with Crippen LogP contribution in [-0.2, 0) is 12.8 Å². The molecule has 3 N–H and O–H groups in total. The number of carbonyl (C=O) groups is 1. The van der Waals surface area contributed by atoms with E-state index in [4.69, 9.17) is 10.5 Å². The largest absolute Gasteiger partial charge is 0.508 e. The molecule has 1 aliphatic rings. The molecule has 0 spiro atoms. The van der Waals surface area contributed by atoms with Crippen LogP contribution in [0, 0.1) is 0 Å². The molecule has 0 saturated heterocycles. The van der Waals surface area contributed by atoms with Crippen LogP contribution in [0.3, 0.4) is 0 Å². The van der Waals surface area contributed by atoms with Crippen LogP contribution in [0.5, 0.6) is 11.5 Å². The molecule has 0 aromatic heterocycles. The highest BCUT2D eigenvalue weighted by Gasteiger charge is 2.35. The van der Waals surface area contributed by atoms with Gasteiger partial charge in [0.25, 0.3) is 0 Å². The Balaban J connectivity index is 1.95. The predicted molar refractivity (Wildman–Crippen MR) is 140 cm³/mol. The first-order valence-electron chi connectivity index (χ1n) is 12.5. The predicted octanol–water partition coefficient (Wildman–Crippen LogP) is 7.14. The average molecular weight is 462 g/mol. The number of hydrogen-bond donors (Lipinski definition) is 2. The molecule has 4 heteroatoms. The second-order valence-electron chi connectivity index (χ2n) is 9.86. The quantitative estimate of drug-likeness (QED) is 0.276. The molecule has 2 aromatic rings. The van der Waals surface area contributed by atoms with E-state index in [2.05, 4.69) is 39.8 Å². The van der Waals surface area contributed by atoms with Crippen LogP contribution in [-0.4, -0.2) is 16.6 Å². The number of allylic oxidation sites excluding steroid dienone is 2. The summed E-state index contributed by atoms with van der Waals surface area (Å²) in [7, 11) is 0. The maximum atomic E-state index is 12.2. The number of rotatable bonds is 11. The van der Waals surface area contributed by atoms with Gasteiger partial charge in [-0.1, -0.05) is 43.5 Å². The van der Waals surface area contributed by atoms with E-state index >= 15 is 0 Å². The minimum Gasteiger partial charge on any atom is -0.508 e. The molecular weight excluding hydrogens is 422 g/mol. The number of ether oxygens (including phenoxy) is 1. The lowest BCUT2D eigenvalue weighted by molar-refractivity contribution is 0.0998. The van der Waals surface area contributed by atoms with E-state index in [0.29, 0.717) is 5.56 Å². The first kappa shape index (κ1) is 25.6. The lowest BCUT2D eigenvalue weighted by atomic mass is 9.82. The summed E-state index contributed by atoms with van der Waals surface area (Å²) in [6.07, 6.45) is 12.1. The summed E-state index contributed by atoms with van der Waals surface area (Å²) in [4.78, 5) is 12.2. The fraction of sp³-hybridized carbons (Fsp3) is 0.433. The van der Waals surface area contributed by atoms with E-state index < -0.39 is 5.60 Å². The topological polar surface area (TPSA) is 72.6 Å². The van der Waals surface area contributed by atoms with Crippen LogP contribution in [0.2, 0.25) is 0 Å². The molecule has 0 saturated carbocycles. The Hall–Kier alpha value is -3.01. The molecule has 182 valence electrons. The zero-order valence-corrected chi connectivity index (χ0v) is 21.1. The fourth-order valence-corrected chi connectivity index (χ4v) is 4.62. The standard InChI is InChI=1S/C30H39NO3/c1-5-6-7-10-23-20-28-24(19-27(23)29(31)33)18-25(14-11-22-12-15-26(32)16-13-22)30(4,34-28)17-8-9-21(2)3/h9,12-13,15-16,18-20,32H,5-8,10-11,14,17H2,1-4H3,(H2,31,33). The molecule has 0 fully saturated rings. The number of hydrogen-bond acceptors (Lipinski definition) is 3. The first-order chi connectivity index (χ1) is 16.2. The van der Waals surface area contributed by atoms with Gasteiger partial charge in [-0.05, 0) is 106 Å². The highest BCUT2D eigenvalue weighted by atomic mass is 16.5. The third kappa shape index (κ3) is 6.53. The van der Waals surface area contributed by atoms with Crippen LogP contribution in [0.1, 0.15) is 93.3 Å². The second kappa shape index (κ2) is 11.4. The Morgan fingerprint density at radius 3 is 2.47 bits per heavy atom. The van der Waals surface area contributed by atoms with Crippen molar-refractivity contribution in [1.82, 2.24) is 0 Å². The number of phenolic OH excluding ortho intramolecular Hbond substituents is 1. The van der Waals surface area contributed by atoms with Gasteiger partial charge in [0.05, 0.1) is 0 Å². The van der Waals surface area contributed by atoms with Crippen LogP contribution in [0.25, 0.3) is 6.08 Å². The summed E-state index contributed by atoms with van der Waals surface area (Å²) in [6.45, 7) is 8.59. The van der Waals surface area contributed by atoms with Crippen molar-refractivity contribution in [3.8, 4) is 11.5 Å². The summed E-state index contributed by atoms with van der Waals surface area (Å²) < 4.78 is 6.71. The molecule has 1 heterocycles. The van der Waals surface area contributed by atoms with Gasteiger partial charge in [0.2, 0.25) is 5.91 Å². The summed E-state index contributed by atoms with van der Waals surface area (Å²) in [5.74, 6) is 0.730.